The van der Waals surface area contributed by atoms with E-state index < -0.39 is 6.09 Å². The van der Waals surface area contributed by atoms with E-state index in [4.69, 9.17) is 9.47 Å². The van der Waals surface area contributed by atoms with Crippen LogP contribution in [-0.2, 0) is 6.54 Å². The van der Waals surface area contributed by atoms with Crippen molar-refractivity contribution < 1.29 is 19.4 Å². The maximum Gasteiger partial charge on any atom is 0.413 e. The fourth-order valence-corrected chi connectivity index (χ4v) is 2.81. The lowest BCUT2D eigenvalue weighted by molar-refractivity contribution is 0.201. The summed E-state index contributed by atoms with van der Waals surface area (Å²) in [5.41, 5.74) is 1.44. The van der Waals surface area contributed by atoms with Gasteiger partial charge >= 0.3 is 6.09 Å². The van der Waals surface area contributed by atoms with Gasteiger partial charge in [-0.2, -0.15) is 5.10 Å². The van der Waals surface area contributed by atoms with Crippen molar-refractivity contribution in [2.45, 2.75) is 13.5 Å². The Bertz CT molecular complexity index is 959. The number of benzene rings is 2. The summed E-state index contributed by atoms with van der Waals surface area (Å²) in [6, 6.07) is 12.7. The van der Waals surface area contributed by atoms with Crippen LogP contribution < -0.4 is 14.4 Å². The van der Waals surface area contributed by atoms with Crippen LogP contribution >= 0.6 is 0 Å². The average molecular weight is 353 g/mol. The molecule has 0 saturated heterocycles. The molecule has 0 unspecified atom stereocenters. The number of anilines is 1. The van der Waals surface area contributed by atoms with Gasteiger partial charge in [-0.15, -0.1) is 5.10 Å². The number of nitrogens with zero attached hydrogens (tertiary/aromatic N) is 3. The van der Waals surface area contributed by atoms with Crippen molar-refractivity contribution in [3.63, 3.8) is 0 Å². The molecule has 1 aromatic heterocycles. The quantitative estimate of drug-likeness (QED) is 0.754. The summed E-state index contributed by atoms with van der Waals surface area (Å²) in [7, 11) is 3.09. The molecule has 0 aliphatic carbocycles. The molecule has 0 aliphatic rings. The van der Waals surface area contributed by atoms with Crippen molar-refractivity contribution >= 4 is 22.7 Å². The molecule has 134 valence electrons. The molecule has 7 nitrogen and oxygen atoms in total. The van der Waals surface area contributed by atoms with E-state index in [1.807, 2.05) is 31.2 Å². The summed E-state index contributed by atoms with van der Waals surface area (Å²) in [6.45, 7) is 1.92. The molecule has 7 heteroatoms. The Morgan fingerprint density at radius 1 is 1.08 bits per heavy atom. The third-order valence-corrected chi connectivity index (χ3v) is 4.16. The molecular weight excluding hydrogens is 334 g/mol. The van der Waals surface area contributed by atoms with E-state index in [2.05, 4.69) is 10.2 Å². The lowest BCUT2D eigenvalue weighted by Gasteiger charge is -2.21. The molecule has 0 fully saturated rings. The number of carboxylic acid groups (broad SMARTS) is 1. The number of ether oxygens (including phenoxy) is 2. The topological polar surface area (TPSA) is 84.8 Å². The first kappa shape index (κ1) is 17.5. The lowest BCUT2D eigenvalue weighted by atomic mass is 10.1. The van der Waals surface area contributed by atoms with Gasteiger partial charge in [-0.1, -0.05) is 24.3 Å². The fourth-order valence-electron chi connectivity index (χ4n) is 2.81. The van der Waals surface area contributed by atoms with Crippen molar-refractivity contribution in [3.8, 4) is 11.5 Å². The van der Waals surface area contributed by atoms with Gasteiger partial charge in [-0.05, 0) is 19.1 Å². The zero-order chi connectivity index (χ0) is 18.7. The number of hydrogen-bond acceptors (Lipinski definition) is 5. The van der Waals surface area contributed by atoms with E-state index in [1.165, 1.54) is 12.0 Å². The van der Waals surface area contributed by atoms with E-state index in [9.17, 15) is 9.90 Å². The van der Waals surface area contributed by atoms with Crippen LogP contribution in [0.3, 0.4) is 0 Å². The number of rotatable bonds is 5. The fraction of sp³-hybridized carbons (Fsp3) is 0.211. The molecule has 3 rings (SSSR count). The van der Waals surface area contributed by atoms with E-state index in [0.717, 1.165) is 16.5 Å². The van der Waals surface area contributed by atoms with E-state index in [1.54, 1.807) is 25.3 Å². The SMILES string of the molecule is COc1ccc(CN(C(=O)O)c2nnc(C)c3ccccc23)c(OC)c1. The molecule has 1 amide bonds. The van der Waals surface area contributed by atoms with E-state index in [-0.39, 0.29) is 12.4 Å². The molecule has 0 saturated carbocycles. The van der Waals surface area contributed by atoms with Crippen molar-refractivity contribution in [2.75, 3.05) is 19.1 Å². The van der Waals surface area contributed by atoms with Crippen molar-refractivity contribution in [3.05, 3.63) is 53.7 Å². The third-order valence-electron chi connectivity index (χ3n) is 4.16. The minimum atomic E-state index is -1.12. The maximum atomic E-state index is 11.9. The standard InChI is InChI=1S/C19H19N3O4/c1-12-15-6-4-5-7-16(15)18(21-20-12)22(19(23)24)11-13-8-9-14(25-2)10-17(13)26-3/h4-10H,11H2,1-3H3,(H,23,24). The third kappa shape index (κ3) is 3.23. The first-order valence-corrected chi connectivity index (χ1v) is 7.98. The number of hydrogen-bond donors (Lipinski definition) is 1. The Morgan fingerprint density at radius 2 is 1.81 bits per heavy atom. The average Bonchev–Trinajstić information content (AvgIpc) is 2.67. The molecule has 3 aromatic rings. The highest BCUT2D eigenvalue weighted by molar-refractivity contribution is 5.99. The summed E-state index contributed by atoms with van der Waals surface area (Å²) in [5, 5.41) is 19.6. The number of aryl methyl sites for hydroxylation is 1. The molecular formula is C19H19N3O4. The second-order valence-electron chi connectivity index (χ2n) is 5.70. The predicted molar refractivity (Wildman–Crippen MR) is 98.0 cm³/mol. The van der Waals surface area contributed by atoms with Gasteiger partial charge in [-0.3, -0.25) is 4.90 Å². The Balaban J connectivity index is 2.07. The Labute approximate surface area is 150 Å². The predicted octanol–water partition coefficient (Wildman–Crippen LogP) is 3.64. The first-order chi connectivity index (χ1) is 12.5. The zero-order valence-electron chi connectivity index (χ0n) is 14.8. The second-order valence-corrected chi connectivity index (χ2v) is 5.70. The van der Waals surface area contributed by atoms with Gasteiger partial charge < -0.3 is 14.6 Å². The minimum absolute atomic E-state index is 0.0736. The first-order valence-electron chi connectivity index (χ1n) is 7.98. The molecule has 26 heavy (non-hydrogen) atoms. The number of aromatic nitrogens is 2. The van der Waals surface area contributed by atoms with Gasteiger partial charge in [0.25, 0.3) is 0 Å². The van der Waals surface area contributed by atoms with Crippen LogP contribution in [0.2, 0.25) is 0 Å². The van der Waals surface area contributed by atoms with Gasteiger partial charge in [-0.25, -0.2) is 4.79 Å². The number of carbonyl (C=O) groups is 1. The van der Waals surface area contributed by atoms with E-state index in [0.29, 0.717) is 17.1 Å². The monoisotopic (exact) mass is 353 g/mol. The van der Waals surface area contributed by atoms with Crippen LogP contribution in [0, 0.1) is 6.92 Å². The molecule has 0 bridgehead atoms. The van der Waals surface area contributed by atoms with Gasteiger partial charge in [0.05, 0.1) is 26.5 Å². The van der Waals surface area contributed by atoms with E-state index >= 15 is 0 Å². The van der Waals surface area contributed by atoms with Crippen molar-refractivity contribution in [1.29, 1.82) is 0 Å². The number of amides is 1. The van der Waals surface area contributed by atoms with Crippen LogP contribution in [0.15, 0.2) is 42.5 Å². The van der Waals surface area contributed by atoms with Crippen molar-refractivity contribution in [2.24, 2.45) is 0 Å². The number of fused-ring (bicyclic) bond motifs is 1. The molecule has 0 spiro atoms. The summed E-state index contributed by atoms with van der Waals surface area (Å²) in [4.78, 5) is 13.1. The van der Waals surface area contributed by atoms with Crippen LogP contribution in [0.5, 0.6) is 11.5 Å². The summed E-state index contributed by atoms with van der Waals surface area (Å²) >= 11 is 0. The van der Waals surface area contributed by atoms with Gasteiger partial charge in [0.2, 0.25) is 0 Å². The summed E-state index contributed by atoms with van der Waals surface area (Å²) < 4.78 is 10.6. The van der Waals surface area contributed by atoms with Gasteiger partial charge in [0.1, 0.15) is 11.5 Å². The Hall–Kier alpha value is -3.35. The highest BCUT2D eigenvalue weighted by Crippen LogP contribution is 2.30. The molecule has 0 radical (unpaired) electrons. The minimum Gasteiger partial charge on any atom is -0.497 e. The molecule has 1 N–H and O–H groups in total. The summed E-state index contributed by atoms with van der Waals surface area (Å²) in [5.74, 6) is 1.46. The molecule has 0 aliphatic heterocycles. The summed E-state index contributed by atoms with van der Waals surface area (Å²) in [6.07, 6.45) is -1.12. The van der Waals surface area contributed by atoms with Gasteiger partial charge in [0.15, 0.2) is 5.82 Å². The zero-order valence-corrected chi connectivity index (χ0v) is 14.8. The lowest BCUT2D eigenvalue weighted by Crippen LogP contribution is -2.30. The molecule has 0 atom stereocenters. The van der Waals surface area contributed by atoms with Crippen LogP contribution in [0.1, 0.15) is 11.3 Å². The Kier molecular flexibility index (Phi) is 4.88. The highest BCUT2D eigenvalue weighted by Gasteiger charge is 2.22. The largest absolute Gasteiger partial charge is 0.497 e. The highest BCUT2D eigenvalue weighted by atomic mass is 16.5. The number of methoxy groups -OCH3 is 2. The Morgan fingerprint density at radius 3 is 2.46 bits per heavy atom. The molecule has 1 heterocycles. The van der Waals surface area contributed by atoms with Crippen LogP contribution in [-0.4, -0.2) is 35.6 Å². The molecule has 2 aromatic carbocycles. The maximum absolute atomic E-state index is 11.9. The smallest absolute Gasteiger partial charge is 0.413 e. The van der Waals surface area contributed by atoms with Gasteiger partial charge in [0, 0.05) is 22.4 Å². The normalized spacial score (nSPS) is 10.6. The second kappa shape index (κ2) is 7.26. The van der Waals surface area contributed by atoms with Crippen LogP contribution in [0.25, 0.3) is 10.8 Å². The van der Waals surface area contributed by atoms with Crippen LogP contribution in [0.4, 0.5) is 10.6 Å². The van der Waals surface area contributed by atoms with Crippen molar-refractivity contribution in [1.82, 2.24) is 10.2 Å².